The summed E-state index contributed by atoms with van der Waals surface area (Å²) in [5.74, 6) is 1.31. The van der Waals surface area contributed by atoms with E-state index in [1.54, 1.807) is 12.1 Å². The van der Waals surface area contributed by atoms with Gasteiger partial charge in [-0.05, 0) is 66.6 Å². The van der Waals surface area contributed by atoms with Crippen molar-refractivity contribution in [2.75, 3.05) is 6.61 Å². The van der Waals surface area contributed by atoms with E-state index >= 15 is 0 Å². The van der Waals surface area contributed by atoms with Crippen LogP contribution >= 0.6 is 0 Å². The molecule has 0 amide bonds. The summed E-state index contributed by atoms with van der Waals surface area (Å²) < 4.78 is 11.7. The van der Waals surface area contributed by atoms with Crippen LogP contribution in [0, 0.1) is 5.92 Å². The van der Waals surface area contributed by atoms with Crippen molar-refractivity contribution in [1.82, 2.24) is 10.1 Å². The van der Waals surface area contributed by atoms with Crippen LogP contribution in [0.3, 0.4) is 0 Å². The summed E-state index contributed by atoms with van der Waals surface area (Å²) in [4.78, 5) is 15.6. The van der Waals surface area contributed by atoms with Crippen LogP contribution in [0.4, 0.5) is 0 Å². The topological polar surface area (TPSA) is 85.5 Å². The highest BCUT2D eigenvalue weighted by Gasteiger charge is 2.32. The zero-order chi connectivity index (χ0) is 22.7. The fraction of sp³-hybridized carbons (Fsp3) is 0.423. The lowest BCUT2D eigenvalue weighted by Gasteiger charge is -2.35. The third kappa shape index (κ3) is 4.69. The van der Waals surface area contributed by atoms with Gasteiger partial charge in [0, 0.05) is 16.7 Å². The number of hydrogen-bond acceptors (Lipinski definition) is 5. The summed E-state index contributed by atoms with van der Waals surface area (Å²) in [7, 11) is 0. The van der Waals surface area contributed by atoms with Crippen LogP contribution in [0.2, 0.25) is 0 Å². The number of carboxylic acids is 1. The molecule has 2 aromatic carbocycles. The van der Waals surface area contributed by atoms with Gasteiger partial charge in [0.25, 0.3) is 5.89 Å². The predicted molar refractivity (Wildman–Crippen MR) is 123 cm³/mol. The lowest BCUT2D eigenvalue weighted by Crippen LogP contribution is -2.26. The molecule has 1 fully saturated rings. The average molecular weight is 435 g/mol. The molecule has 168 valence electrons. The van der Waals surface area contributed by atoms with E-state index in [4.69, 9.17) is 14.4 Å². The highest BCUT2D eigenvalue weighted by molar-refractivity contribution is 5.88. The summed E-state index contributed by atoms with van der Waals surface area (Å²) in [6.45, 7) is 7.32. The lowest BCUT2D eigenvalue weighted by molar-refractivity contribution is 0.0697. The number of aromatic carboxylic acids is 1. The second-order valence-electron chi connectivity index (χ2n) is 9.34. The minimum Gasteiger partial charge on any atom is -0.493 e. The van der Waals surface area contributed by atoms with Crippen LogP contribution in [0.5, 0.6) is 5.75 Å². The molecule has 0 radical (unpaired) electrons. The number of ether oxygens (including phenoxy) is 1. The Hall–Kier alpha value is -3.15. The number of nitrogens with zero attached hydrogens (tertiary/aromatic N) is 2. The first-order valence-corrected chi connectivity index (χ1v) is 11.3. The van der Waals surface area contributed by atoms with E-state index in [1.165, 1.54) is 37.0 Å². The molecule has 1 aromatic heterocycles. The predicted octanol–water partition coefficient (Wildman–Crippen LogP) is 6.36. The Balaban J connectivity index is 1.66. The largest absolute Gasteiger partial charge is 0.493 e. The first kappa shape index (κ1) is 22.1. The van der Waals surface area contributed by atoms with Gasteiger partial charge in [-0.25, -0.2) is 4.79 Å². The second-order valence-corrected chi connectivity index (χ2v) is 9.34. The van der Waals surface area contributed by atoms with Crippen molar-refractivity contribution in [2.24, 2.45) is 5.92 Å². The van der Waals surface area contributed by atoms with E-state index in [-0.39, 0.29) is 11.0 Å². The quantitative estimate of drug-likeness (QED) is 0.466. The van der Waals surface area contributed by atoms with Crippen molar-refractivity contribution in [1.29, 1.82) is 0 Å². The average Bonchev–Trinajstić information content (AvgIpc) is 3.28. The number of carboxylic acid groups (broad SMARTS) is 1. The van der Waals surface area contributed by atoms with Gasteiger partial charge in [-0.1, -0.05) is 45.2 Å². The number of benzene rings is 2. The maximum Gasteiger partial charge on any atom is 0.335 e. The van der Waals surface area contributed by atoms with Gasteiger partial charge < -0.3 is 14.4 Å². The molecule has 0 bridgehead atoms. The van der Waals surface area contributed by atoms with E-state index in [9.17, 15) is 4.79 Å². The first-order valence-electron chi connectivity index (χ1n) is 11.3. The molecular weight excluding hydrogens is 404 g/mol. The Kier molecular flexibility index (Phi) is 6.31. The van der Waals surface area contributed by atoms with Gasteiger partial charge in [0.15, 0.2) is 0 Å². The first-order chi connectivity index (χ1) is 15.4. The van der Waals surface area contributed by atoms with Crippen molar-refractivity contribution < 1.29 is 19.2 Å². The smallest absolute Gasteiger partial charge is 0.335 e. The third-order valence-corrected chi connectivity index (χ3v) is 6.22. The molecule has 0 aliphatic heterocycles. The molecule has 0 spiro atoms. The molecule has 6 nitrogen and oxygen atoms in total. The summed E-state index contributed by atoms with van der Waals surface area (Å²) in [6, 6.07) is 12.6. The molecule has 1 aliphatic carbocycles. The SMILES string of the molecule is CC(C)COc1ccc(-c2noc(-c3ccc(C(=O)O)cc3)n2)cc1C1(C)CCCCC1. The van der Waals surface area contributed by atoms with Gasteiger partial charge in [-0.3, -0.25) is 0 Å². The minimum atomic E-state index is -0.966. The Morgan fingerprint density at radius 3 is 2.44 bits per heavy atom. The van der Waals surface area contributed by atoms with Gasteiger partial charge in [0.2, 0.25) is 5.82 Å². The van der Waals surface area contributed by atoms with Crippen LogP contribution in [-0.4, -0.2) is 27.8 Å². The number of carbonyl (C=O) groups is 1. The molecule has 0 atom stereocenters. The van der Waals surface area contributed by atoms with Crippen LogP contribution in [0.1, 0.15) is 68.8 Å². The molecule has 4 rings (SSSR count). The highest BCUT2D eigenvalue weighted by Crippen LogP contribution is 2.44. The molecule has 1 N–H and O–H groups in total. The Bertz CT molecular complexity index is 1080. The van der Waals surface area contributed by atoms with Crippen LogP contribution in [0.15, 0.2) is 47.0 Å². The molecule has 1 heterocycles. The standard InChI is InChI=1S/C26H30N2O4/c1-17(2)16-31-22-12-11-20(15-21(22)26(3)13-5-4-6-14-26)23-27-24(32-28-23)18-7-9-19(10-8-18)25(29)30/h7-12,15,17H,4-6,13-14,16H2,1-3H3,(H,29,30). The minimum absolute atomic E-state index is 0.0692. The molecule has 0 saturated heterocycles. The summed E-state index contributed by atoms with van der Waals surface area (Å²) in [5, 5.41) is 13.3. The van der Waals surface area contributed by atoms with Crippen molar-refractivity contribution in [3.63, 3.8) is 0 Å². The second kappa shape index (κ2) is 9.15. The van der Waals surface area contributed by atoms with Crippen molar-refractivity contribution >= 4 is 5.97 Å². The maximum absolute atomic E-state index is 11.1. The van der Waals surface area contributed by atoms with E-state index in [2.05, 4.69) is 37.0 Å². The van der Waals surface area contributed by atoms with Gasteiger partial charge in [-0.2, -0.15) is 4.98 Å². The number of hydrogen-bond donors (Lipinski definition) is 1. The van der Waals surface area contributed by atoms with Crippen LogP contribution in [0.25, 0.3) is 22.8 Å². The molecule has 32 heavy (non-hydrogen) atoms. The maximum atomic E-state index is 11.1. The molecule has 1 saturated carbocycles. The normalized spacial score (nSPS) is 15.6. The highest BCUT2D eigenvalue weighted by atomic mass is 16.5. The third-order valence-electron chi connectivity index (χ3n) is 6.22. The summed E-state index contributed by atoms with van der Waals surface area (Å²) in [5.41, 5.74) is 3.08. The van der Waals surface area contributed by atoms with Crippen LogP contribution < -0.4 is 4.74 Å². The fourth-order valence-corrected chi connectivity index (χ4v) is 4.34. The molecule has 0 unspecified atom stereocenters. The molecule has 3 aromatic rings. The summed E-state index contributed by atoms with van der Waals surface area (Å²) in [6.07, 6.45) is 6.02. The number of aromatic nitrogens is 2. The van der Waals surface area contributed by atoms with E-state index in [0.29, 0.717) is 29.8 Å². The lowest BCUT2D eigenvalue weighted by atomic mass is 9.70. The molecule has 6 heteroatoms. The molecular formula is C26H30N2O4. The Labute approximate surface area is 188 Å². The van der Waals surface area contributed by atoms with Gasteiger partial charge in [0.1, 0.15) is 5.75 Å². The fourth-order valence-electron chi connectivity index (χ4n) is 4.34. The zero-order valence-corrected chi connectivity index (χ0v) is 18.9. The Morgan fingerprint density at radius 1 is 1.09 bits per heavy atom. The summed E-state index contributed by atoms with van der Waals surface area (Å²) >= 11 is 0. The Morgan fingerprint density at radius 2 is 1.78 bits per heavy atom. The van der Waals surface area contributed by atoms with E-state index in [0.717, 1.165) is 24.2 Å². The van der Waals surface area contributed by atoms with E-state index < -0.39 is 5.97 Å². The van der Waals surface area contributed by atoms with Crippen molar-refractivity contribution in [3.8, 4) is 28.6 Å². The van der Waals surface area contributed by atoms with E-state index in [1.807, 2.05) is 12.1 Å². The number of rotatable bonds is 7. The van der Waals surface area contributed by atoms with Gasteiger partial charge in [-0.15, -0.1) is 0 Å². The van der Waals surface area contributed by atoms with Crippen molar-refractivity contribution in [3.05, 3.63) is 53.6 Å². The zero-order valence-electron chi connectivity index (χ0n) is 18.9. The van der Waals surface area contributed by atoms with Gasteiger partial charge >= 0.3 is 5.97 Å². The monoisotopic (exact) mass is 434 g/mol. The molecule has 1 aliphatic rings. The van der Waals surface area contributed by atoms with Crippen LogP contribution in [-0.2, 0) is 5.41 Å². The van der Waals surface area contributed by atoms with Gasteiger partial charge in [0.05, 0.1) is 12.2 Å². The van der Waals surface area contributed by atoms with Crippen molar-refractivity contribution in [2.45, 2.75) is 58.3 Å².